The smallest absolute Gasteiger partial charge is 0.317 e. The number of nitrogens with zero attached hydrogens (tertiary/aromatic N) is 2. The largest absolute Gasteiger partial charge is 0.481 e. The maximum atomic E-state index is 11.9. The number of rotatable bonds is 5. The number of carboxylic acid groups (broad SMARTS) is 1. The Balaban J connectivity index is 1.75. The summed E-state index contributed by atoms with van der Waals surface area (Å²) in [5.74, 6) is -1.36. The van der Waals surface area contributed by atoms with Crippen LogP contribution in [0.1, 0.15) is 12.0 Å². The molecule has 1 aliphatic heterocycles. The Morgan fingerprint density at radius 1 is 1.36 bits per heavy atom. The molecule has 0 radical (unpaired) electrons. The molecular formula is C14H17N3O5. The van der Waals surface area contributed by atoms with Crippen molar-refractivity contribution in [2.75, 3.05) is 19.6 Å². The van der Waals surface area contributed by atoms with Gasteiger partial charge < -0.3 is 15.3 Å². The van der Waals surface area contributed by atoms with Crippen molar-refractivity contribution in [1.29, 1.82) is 0 Å². The van der Waals surface area contributed by atoms with Crippen LogP contribution in [0.5, 0.6) is 0 Å². The third kappa shape index (κ3) is 3.94. The predicted molar refractivity (Wildman–Crippen MR) is 77.5 cm³/mol. The quantitative estimate of drug-likeness (QED) is 0.628. The van der Waals surface area contributed by atoms with Crippen molar-refractivity contribution in [3.63, 3.8) is 0 Å². The number of non-ortho nitro benzene ring substituents is 1. The fraction of sp³-hybridized carbons (Fsp3) is 0.429. The standard InChI is InChI=1S/C14H17N3O5/c18-13(19)11-6-8-16(9-11)14(20)15-7-5-10-1-3-12(4-2-10)17(21)22/h1-4,11H,5-9H2,(H,15,20)(H,18,19). The second-order valence-corrected chi connectivity index (χ2v) is 5.18. The van der Waals surface area contributed by atoms with Gasteiger partial charge in [0.1, 0.15) is 0 Å². The van der Waals surface area contributed by atoms with E-state index in [2.05, 4.69) is 5.32 Å². The number of carbonyl (C=O) groups is 2. The van der Waals surface area contributed by atoms with E-state index < -0.39 is 16.8 Å². The van der Waals surface area contributed by atoms with Gasteiger partial charge in [0.2, 0.25) is 0 Å². The fourth-order valence-electron chi connectivity index (χ4n) is 2.36. The van der Waals surface area contributed by atoms with Crippen molar-refractivity contribution < 1.29 is 19.6 Å². The Morgan fingerprint density at radius 2 is 2.05 bits per heavy atom. The summed E-state index contributed by atoms with van der Waals surface area (Å²) in [5.41, 5.74) is 0.917. The van der Waals surface area contributed by atoms with E-state index in [0.717, 1.165) is 5.56 Å². The number of nitro benzene ring substituents is 1. The third-order valence-electron chi connectivity index (χ3n) is 3.66. The number of hydrogen-bond acceptors (Lipinski definition) is 4. The number of nitro groups is 1. The lowest BCUT2D eigenvalue weighted by molar-refractivity contribution is -0.384. The maximum absolute atomic E-state index is 11.9. The van der Waals surface area contributed by atoms with Gasteiger partial charge in [-0.05, 0) is 18.4 Å². The van der Waals surface area contributed by atoms with Crippen molar-refractivity contribution in [2.24, 2.45) is 5.92 Å². The first-order chi connectivity index (χ1) is 10.5. The van der Waals surface area contributed by atoms with E-state index in [4.69, 9.17) is 5.11 Å². The van der Waals surface area contributed by atoms with E-state index in [9.17, 15) is 19.7 Å². The fourth-order valence-corrected chi connectivity index (χ4v) is 2.36. The highest BCUT2D eigenvalue weighted by molar-refractivity contribution is 5.77. The molecule has 0 aromatic heterocycles. The van der Waals surface area contributed by atoms with Crippen LogP contribution in [0.2, 0.25) is 0 Å². The lowest BCUT2D eigenvalue weighted by Crippen LogP contribution is -2.39. The molecule has 1 fully saturated rings. The highest BCUT2D eigenvalue weighted by atomic mass is 16.6. The lowest BCUT2D eigenvalue weighted by atomic mass is 10.1. The average Bonchev–Trinajstić information content (AvgIpc) is 2.98. The summed E-state index contributed by atoms with van der Waals surface area (Å²) in [6.45, 7) is 1.07. The molecule has 1 aliphatic rings. The minimum absolute atomic E-state index is 0.0320. The molecule has 8 nitrogen and oxygen atoms in total. The molecule has 0 saturated carbocycles. The van der Waals surface area contributed by atoms with Crippen LogP contribution < -0.4 is 5.32 Å². The van der Waals surface area contributed by atoms with E-state index in [0.29, 0.717) is 25.9 Å². The molecule has 1 heterocycles. The number of amides is 2. The lowest BCUT2D eigenvalue weighted by Gasteiger charge is -2.16. The predicted octanol–water partition coefficient (Wildman–Crippen LogP) is 1.25. The summed E-state index contributed by atoms with van der Waals surface area (Å²) in [6.07, 6.45) is 1.03. The minimum Gasteiger partial charge on any atom is -0.481 e. The van der Waals surface area contributed by atoms with Gasteiger partial charge in [-0.3, -0.25) is 14.9 Å². The molecule has 22 heavy (non-hydrogen) atoms. The van der Waals surface area contributed by atoms with E-state index >= 15 is 0 Å². The van der Waals surface area contributed by atoms with E-state index in [-0.39, 0.29) is 18.3 Å². The van der Waals surface area contributed by atoms with Crippen LogP contribution >= 0.6 is 0 Å². The van der Waals surface area contributed by atoms with Crippen LogP contribution in [0, 0.1) is 16.0 Å². The second-order valence-electron chi connectivity index (χ2n) is 5.18. The van der Waals surface area contributed by atoms with Crippen LogP contribution in [0.4, 0.5) is 10.5 Å². The van der Waals surface area contributed by atoms with Gasteiger partial charge in [-0.1, -0.05) is 12.1 Å². The topological polar surface area (TPSA) is 113 Å². The van der Waals surface area contributed by atoms with Crippen LogP contribution in [0.3, 0.4) is 0 Å². The molecule has 2 N–H and O–H groups in total. The van der Waals surface area contributed by atoms with Gasteiger partial charge >= 0.3 is 12.0 Å². The third-order valence-corrected chi connectivity index (χ3v) is 3.66. The average molecular weight is 307 g/mol. The molecular weight excluding hydrogens is 290 g/mol. The van der Waals surface area contributed by atoms with Gasteiger partial charge in [0.15, 0.2) is 0 Å². The number of aliphatic carboxylic acids is 1. The van der Waals surface area contributed by atoms with Crippen molar-refractivity contribution in [1.82, 2.24) is 10.2 Å². The molecule has 0 bridgehead atoms. The summed E-state index contributed by atoms with van der Waals surface area (Å²) >= 11 is 0. The van der Waals surface area contributed by atoms with Crippen LogP contribution in [-0.2, 0) is 11.2 Å². The summed E-state index contributed by atoms with van der Waals surface area (Å²) < 4.78 is 0. The number of nitrogens with one attached hydrogen (secondary N) is 1. The van der Waals surface area contributed by atoms with Crippen molar-refractivity contribution in [2.45, 2.75) is 12.8 Å². The Morgan fingerprint density at radius 3 is 2.59 bits per heavy atom. The Hall–Kier alpha value is -2.64. The zero-order valence-corrected chi connectivity index (χ0v) is 11.9. The first-order valence-corrected chi connectivity index (χ1v) is 6.96. The van der Waals surface area contributed by atoms with Crippen LogP contribution in [0.15, 0.2) is 24.3 Å². The van der Waals surface area contributed by atoms with E-state index in [1.165, 1.54) is 17.0 Å². The number of urea groups is 1. The molecule has 2 amide bonds. The summed E-state index contributed by atoms with van der Waals surface area (Å²) in [4.78, 5) is 34.3. The first kappa shape index (κ1) is 15.7. The molecule has 8 heteroatoms. The molecule has 1 aromatic rings. The number of carboxylic acids is 1. The number of carbonyl (C=O) groups excluding carboxylic acids is 1. The molecule has 0 aliphatic carbocycles. The molecule has 1 unspecified atom stereocenters. The summed E-state index contributed by atoms with van der Waals surface area (Å²) in [7, 11) is 0. The number of benzene rings is 1. The normalized spacial score (nSPS) is 17.3. The zero-order valence-electron chi connectivity index (χ0n) is 11.9. The number of likely N-dealkylation sites (tertiary alicyclic amines) is 1. The van der Waals surface area contributed by atoms with Gasteiger partial charge in [-0.15, -0.1) is 0 Å². The van der Waals surface area contributed by atoms with Crippen LogP contribution in [0.25, 0.3) is 0 Å². The van der Waals surface area contributed by atoms with Crippen LogP contribution in [-0.4, -0.2) is 46.6 Å². The second kappa shape index (κ2) is 6.88. The molecule has 1 aromatic carbocycles. The highest BCUT2D eigenvalue weighted by Gasteiger charge is 2.30. The van der Waals surface area contributed by atoms with E-state index in [1.54, 1.807) is 12.1 Å². The monoisotopic (exact) mass is 307 g/mol. The molecule has 2 rings (SSSR count). The maximum Gasteiger partial charge on any atom is 0.317 e. The Kier molecular flexibility index (Phi) is 4.92. The minimum atomic E-state index is -0.874. The summed E-state index contributed by atoms with van der Waals surface area (Å²) in [5, 5.41) is 22.2. The molecule has 1 saturated heterocycles. The zero-order chi connectivity index (χ0) is 16.1. The summed E-state index contributed by atoms with van der Waals surface area (Å²) in [6, 6.07) is 5.89. The van der Waals surface area contributed by atoms with Gasteiger partial charge in [-0.2, -0.15) is 0 Å². The molecule has 0 spiro atoms. The molecule has 1 atom stereocenters. The Labute approximate surface area is 126 Å². The van der Waals surface area contributed by atoms with Gasteiger partial charge in [0, 0.05) is 31.8 Å². The SMILES string of the molecule is O=C(O)C1CCN(C(=O)NCCc2ccc([N+](=O)[O-])cc2)C1. The highest BCUT2D eigenvalue weighted by Crippen LogP contribution is 2.16. The number of hydrogen-bond donors (Lipinski definition) is 2. The van der Waals surface area contributed by atoms with Crippen molar-refractivity contribution >= 4 is 17.7 Å². The van der Waals surface area contributed by atoms with Crippen molar-refractivity contribution in [3.05, 3.63) is 39.9 Å². The van der Waals surface area contributed by atoms with Crippen molar-refractivity contribution in [3.8, 4) is 0 Å². The first-order valence-electron chi connectivity index (χ1n) is 6.96. The van der Waals surface area contributed by atoms with Gasteiger partial charge in [0.05, 0.1) is 10.8 Å². The van der Waals surface area contributed by atoms with E-state index in [1.807, 2.05) is 0 Å². The Bertz CT molecular complexity index is 572. The van der Waals surface area contributed by atoms with Gasteiger partial charge in [-0.25, -0.2) is 4.79 Å². The van der Waals surface area contributed by atoms with Gasteiger partial charge in [0.25, 0.3) is 5.69 Å². The molecule has 118 valence electrons.